The number of nitrogens with zero attached hydrogens (tertiary/aromatic N) is 1. The van der Waals surface area contributed by atoms with Crippen LogP contribution in [0.25, 0.3) is 17.0 Å². The number of carbonyl (C=O) groups is 1. The van der Waals surface area contributed by atoms with Crippen molar-refractivity contribution < 1.29 is 23.4 Å². The molecule has 1 aliphatic rings. The van der Waals surface area contributed by atoms with Gasteiger partial charge in [-0.3, -0.25) is 4.79 Å². The summed E-state index contributed by atoms with van der Waals surface area (Å²) in [4.78, 5) is 29.1. The molecule has 7 nitrogen and oxygen atoms in total. The van der Waals surface area contributed by atoms with Crippen LogP contribution in [-0.4, -0.2) is 26.1 Å². The average molecular weight is 412 g/mol. The number of hydrogen-bond donors (Lipinski definition) is 0. The predicted octanol–water partition coefficient (Wildman–Crippen LogP) is 3.81. The van der Waals surface area contributed by atoms with Gasteiger partial charge in [0.1, 0.15) is 11.8 Å². The molecular weight excluding hydrogens is 398 g/mol. The van der Waals surface area contributed by atoms with E-state index < -0.39 is 5.97 Å². The van der Waals surface area contributed by atoms with Crippen molar-refractivity contribution in [3.8, 4) is 11.5 Å². The molecule has 0 bridgehead atoms. The Kier molecular flexibility index (Phi) is 4.82. The molecule has 4 rings (SSSR count). The molecule has 2 heterocycles. The van der Waals surface area contributed by atoms with Crippen LogP contribution in [0.15, 0.2) is 62.6 Å². The van der Waals surface area contributed by atoms with Gasteiger partial charge in [-0.1, -0.05) is 11.6 Å². The lowest BCUT2D eigenvalue weighted by Crippen LogP contribution is -2.07. The maximum Gasteiger partial charge on any atom is 0.363 e. The number of benzene rings is 2. The Labute approximate surface area is 169 Å². The molecule has 0 saturated carbocycles. The summed E-state index contributed by atoms with van der Waals surface area (Å²) in [6, 6.07) is 9.74. The van der Waals surface area contributed by atoms with Crippen LogP contribution >= 0.6 is 11.6 Å². The van der Waals surface area contributed by atoms with E-state index in [0.717, 1.165) is 0 Å². The number of carbonyl (C=O) groups excluding carboxylic acids is 1. The first kappa shape index (κ1) is 18.8. The minimum absolute atomic E-state index is 0.0246. The molecule has 1 aromatic heterocycles. The third-order valence-electron chi connectivity index (χ3n) is 4.30. The second kappa shape index (κ2) is 7.44. The van der Waals surface area contributed by atoms with Crippen LogP contribution in [0.2, 0.25) is 5.02 Å². The van der Waals surface area contributed by atoms with Crippen molar-refractivity contribution in [1.82, 2.24) is 0 Å². The number of hydrogen-bond acceptors (Lipinski definition) is 7. The fourth-order valence-corrected chi connectivity index (χ4v) is 3.04. The first-order valence-corrected chi connectivity index (χ1v) is 8.84. The van der Waals surface area contributed by atoms with Crippen molar-refractivity contribution >= 4 is 40.5 Å². The molecular formula is C21H14ClNO6. The van der Waals surface area contributed by atoms with Crippen LogP contribution in [0.5, 0.6) is 11.5 Å². The molecule has 0 radical (unpaired) electrons. The highest BCUT2D eigenvalue weighted by Gasteiger charge is 2.25. The quantitative estimate of drug-likeness (QED) is 0.479. The maximum absolute atomic E-state index is 12.7. The van der Waals surface area contributed by atoms with Gasteiger partial charge in [0.05, 0.1) is 25.2 Å². The molecule has 0 amide bonds. The number of methoxy groups -OCH3 is 2. The molecule has 0 spiro atoms. The Bertz CT molecular complexity index is 1260. The van der Waals surface area contributed by atoms with E-state index >= 15 is 0 Å². The molecule has 2 aromatic carbocycles. The highest BCUT2D eigenvalue weighted by atomic mass is 35.5. The normalized spacial score (nSPS) is 14.8. The van der Waals surface area contributed by atoms with Gasteiger partial charge in [0.15, 0.2) is 22.6 Å². The zero-order chi connectivity index (χ0) is 20.5. The van der Waals surface area contributed by atoms with Gasteiger partial charge in [-0.25, -0.2) is 9.79 Å². The second-order valence-corrected chi connectivity index (χ2v) is 6.50. The van der Waals surface area contributed by atoms with E-state index in [9.17, 15) is 9.59 Å². The van der Waals surface area contributed by atoms with Crippen LogP contribution in [-0.2, 0) is 9.53 Å². The summed E-state index contributed by atoms with van der Waals surface area (Å²) in [5, 5.41) is 0.714. The number of aliphatic imine (C=N–C) groups is 1. The Morgan fingerprint density at radius 2 is 1.83 bits per heavy atom. The molecule has 1 aliphatic heterocycles. The number of esters is 1. The molecule has 0 unspecified atom stereocenters. The van der Waals surface area contributed by atoms with E-state index in [1.807, 2.05) is 0 Å². The van der Waals surface area contributed by atoms with E-state index in [0.29, 0.717) is 33.1 Å². The highest BCUT2D eigenvalue weighted by molar-refractivity contribution is 6.31. The first-order valence-electron chi connectivity index (χ1n) is 8.46. The third-order valence-corrected chi connectivity index (χ3v) is 4.54. The lowest BCUT2D eigenvalue weighted by atomic mass is 10.1. The van der Waals surface area contributed by atoms with Gasteiger partial charge >= 0.3 is 5.97 Å². The minimum atomic E-state index is -0.680. The summed E-state index contributed by atoms with van der Waals surface area (Å²) < 4.78 is 21.1. The van der Waals surface area contributed by atoms with Gasteiger partial charge < -0.3 is 18.6 Å². The van der Waals surface area contributed by atoms with Crippen LogP contribution < -0.4 is 14.9 Å². The zero-order valence-electron chi connectivity index (χ0n) is 15.4. The summed E-state index contributed by atoms with van der Waals surface area (Å²) in [5.74, 6) is 0.411. The SMILES string of the molecule is COc1ccc(C2=NC(=Cc3coc4ccc(Cl)cc4c3=O)C(=O)O2)cc1OC. The van der Waals surface area contributed by atoms with Crippen molar-refractivity contribution in [3.05, 3.63) is 74.7 Å². The number of fused-ring (bicyclic) bond motifs is 1. The van der Waals surface area contributed by atoms with Gasteiger partial charge in [0.25, 0.3) is 0 Å². The van der Waals surface area contributed by atoms with Gasteiger partial charge in [0, 0.05) is 10.6 Å². The Balaban J connectivity index is 1.75. The van der Waals surface area contributed by atoms with Gasteiger partial charge in [-0.15, -0.1) is 0 Å². The molecule has 0 fully saturated rings. The highest BCUT2D eigenvalue weighted by Crippen LogP contribution is 2.29. The molecule has 29 heavy (non-hydrogen) atoms. The van der Waals surface area contributed by atoms with Crippen LogP contribution in [0.1, 0.15) is 11.1 Å². The lowest BCUT2D eigenvalue weighted by Gasteiger charge is -2.08. The number of rotatable bonds is 4. The average Bonchev–Trinajstić information content (AvgIpc) is 3.10. The van der Waals surface area contributed by atoms with E-state index in [-0.39, 0.29) is 22.6 Å². The van der Waals surface area contributed by atoms with E-state index in [4.69, 9.17) is 30.2 Å². The fraction of sp³-hybridized carbons (Fsp3) is 0.0952. The Morgan fingerprint density at radius 1 is 1.03 bits per heavy atom. The number of ether oxygens (including phenoxy) is 3. The molecule has 3 aromatic rings. The predicted molar refractivity (Wildman–Crippen MR) is 108 cm³/mol. The van der Waals surface area contributed by atoms with Gasteiger partial charge in [-0.2, -0.15) is 0 Å². The van der Waals surface area contributed by atoms with Gasteiger partial charge in [-0.05, 0) is 42.5 Å². The van der Waals surface area contributed by atoms with Crippen molar-refractivity contribution in [2.45, 2.75) is 0 Å². The van der Waals surface area contributed by atoms with Crippen molar-refractivity contribution in [3.63, 3.8) is 0 Å². The lowest BCUT2D eigenvalue weighted by molar-refractivity contribution is -0.129. The standard InChI is InChI=1S/C21H14ClNO6/c1-26-17-5-3-11(8-18(17)27-2)20-23-15(21(25)29-20)7-12-10-28-16-6-4-13(22)9-14(16)19(12)24/h3-10H,1-2H3. The molecule has 8 heteroatoms. The fourth-order valence-electron chi connectivity index (χ4n) is 2.87. The molecule has 146 valence electrons. The van der Waals surface area contributed by atoms with E-state index in [1.165, 1.54) is 32.6 Å². The first-order chi connectivity index (χ1) is 14.0. The summed E-state index contributed by atoms with van der Waals surface area (Å²) >= 11 is 5.96. The minimum Gasteiger partial charge on any atom is -0.493 e. The summed E-state index contributed by atoms with van der Waals surface area (Å²) in [5.41, 5.74) is 0.720. The molecule has 0 aliphatic carbocycles. The van der Waals surface area contributed by atoms with Crippen molar-refractivity contribution in [2.24, 2.45) is 4.99 Å². The van der Waals surface area contributed by atoms with Crippen LogP contribution in [0.3, 0.4) is 0 Å². The molecule has 0 saturated heterocycles. The maximum atomic E-state index is 12.7. The number of halogens is 1. The second-order valence-electron chi connectivity index (χ2n) is 6.07. The van der Waals surface area contributed by atoms with Crippen molar-refractivity contribution in [2.75, 3.05) is 14.2 Å². The van der Waals surface area contributed by atoms with E-state index in [1.54, 1.807) is 30.3 Å². The Morgan fingerprint density at radius 3 is 2.59 bits per heavy atom. The summed E-state index contributed by atoms with van der Waals surface area (Å²) in [6.07, 6.45) is 2.59. The van der Waals surface area contributed by atoms with Crippen molar-refractivity contribution in [1.29, 1.82) is 0 Å². The molecule has 0 atom stereocenters. The van der Waals surface area contributed by atoms with E-state index in [2.05, 4.69) is 4.99 Å². The summed E-state index contributed by atoms with van der Waals surface area (Å²) in [7, 11) is 3.02. The smallest absolute Gasteiger partial charge is 0.363 e. The largest absolute Gasteiger partial charge is 0.493 e. The third kappa shape index (κ3) is 3.48. The Hall–Kier alpha value is -3.58. The zero-order valence-corrected chi connectivity index (χ0v) is 16.1. The monoisotopic (exact) mass is 411 g/mol. The van der Waals surface area contributed by atoms with Crippen LogP contribution in [0.4, 0.5) is 0 Å². The van der Waals surface area contributed by atoms with Gasteiger partial charge in [0.2, 0.25) is 5.90 Å². The topological polar surface area (TPSA) is 87.3 Å². The van der Waals surface area contributed by atoms with Crippen LogP contribution in [0, 0.1) is 0 Å². The summed E-state index contributed by atoms with van der Waals surface area (Å²) in [6.45, 7) is 0. The molecule has 0 N–H and O–H groups in total. The number of cyclic esters (lactones) is 1.